The Morgan fingerprint density at radius 2 is 1.60 bits per heavy atom. The predicted molar refractivity (Wildman–Crippen MR) is 135 cm³/mol. The first-order chi connectivity index (χ1) is 16.9. The van der Waals surface area contributed by atoms with Crippen molar-refractivity contribution in [3.05, 3.63) is 78.4 Å². The van der Waals surface area contributed by atoms with Crippen molar-refractivity contribution in [3.8, 4) is 17.2 Å². The Balaban J connectivity index is 1.29. The van der Waals surface area contributed by atoms with Crippen molar-refractivity contribution in [3.63, 3.8) is 0 Å². The molecule has 1 aliphatic rings. The smallest absolute Gasteiger partial charge is 0.262 e. The van der Waals surface area contributed by atoms with Gasteiger partial charge in [-0.3, -0.25) is 4.79 Å². The van der Waals surface area contributed by atoms with Crippen LogP contribution in [0.25, 0.3) is 0 Å². The Labute approximate surface area is 206 Å². The topological polar surface area (TPSA) is 93.7 Å². The van der Waals surface area contributed by atoms with Gasteiger partial charge >= 0.3 is 0 Å². The first-order valence-corrected chi connectivity index (χ1v) is 13.3. The predicted octanol–water partition coefficient (Wildman–Crippen LogP) is 5.42. The van der Waals surface area contributed by atoms with Crippen molar-refractivity contribution in [2.75, 3.05) is 11.9 Å². The van der Waals surface area contributed by atoms with Crippen LogP contribution in [0.1, 0.15) is 37.7 Å². The van der Waals surface area contributed by atoms with Gasteiger partial charge in [0, 0.05) is 11.7 Å². The average Bonchev–Trinajstić information content (AvgIpc) is 2.85. The first-order valence-electron chi connectivity index (χ1n) is 11.8. The van der Waals surface area contributed by atoms with Gasteiger partial charge < -0.3 is 14.8 Å². The van der Waals surface area contributed by atoms with E-state index in [0.717, 1.165) is 37.9 Å². The second kappa shape index (κ2) is 11.4. The van der Waals surface area contributed by atoms with Crippen LogP contribution in [0.3, 0.4) is 0 Å². The first kappa shape index (κ1) is 24.8. The number of benzene rings is 3. The molecule has 1 aliphatic carbocycles. The summed E-state index contributed by atoms with van der Waals surface area (Å²) in [6.07, 6.45) is 5.00. The molecule has 3 aromatic carbocycles. The minimum absolute atomic E-state index is 0.00681. The van der Waals surface area contributed by atoms with Crippen molar-refractivity contribution in [1.82, 2.24) is 4.72 Å². The zero-order valence-corrected chi connectivity index (χ0v) is 20.5. The Kier molecular flexibility index (Phi) is 8.05. The number of amides is 1. The van der Waals surface area contributed by atoms with Gasteiger partial charge in [0.05, 0.1) is 4.90 Å². The van der Waals surface area contributed by atoms with E-state index in [9.17, 15) is 13.2 Å². The summed E-state index contributed by atoms with van der Waals surface area (Å²) in [5.41, 5.74) is 1.26. The number of hydrogen-bond acceptors (Lipinski definition) is 5. The Bertz CT molecular complexity index is 1240. The van der Waals surface area contributed by atoms with Gasteiger partial charge in [-0.05, 0) is 79.9 Å². The lowest BCUT2D eigenvalue weighted by atomic mass is 9.96. The Morgan fingerprint density at radius 3 is 2.29 bits per heavy atom. The molecule has 1 amide bonds. The number of sulfonamides is 1. The third-order valence-electron chi connectivity index (χ3n) is 5.86. The molecule has 0 saturated heterocycles. The van der Waals surface area contributed by atoms with Gasteiger partial charge in [0.15, 0.2) is 6.61 Å². The molecule has 7 nitrogen and oxygen atoms in total. The normalized spacial score (nSPS) is 14.3. The SMILES string of the molecule is Cc1cc(S(=O)(=O)NC2CCCCC2)ccc1OCC(=O)Nc1ccc(Oc2ccccc2)cc1. The lowest BCUT2D eigenvalue weighted by Gasteiger charge is -2.22. The second-order valence-electron chi connectivity index (χ2n) is 8.66. The number of rotatable bonds is 9. The van der Waals surface area contributed by atoms with E-state index in [4.69, 9.17) is 9.47 Å². The van der Waals surface area contributed by atoms with Gasteiger partial charge in [-0.1, -0.05) is 37.5 Å². The van der Waals surface area contributed by atoms with Gasteiger partial charge in [-0.15, -0.1) is 0 Å². The molecule has 0 atom stereocenters. The molecule has 2 N–H and O–H groups in total. The molecule has 0 unspecified atom stereocenters. The van der Waals surface area contributed by atoms with E-state index in [1.54, 1.807) is 43.3 Å². The van der Waals surface area contributed by atoms with E-state index in [0.29, 0.717) is 22.7 Å². The molecule has 0 radical (unpaired) electrons. The summed E-state index contributed by atoms with van der Waals surface area (Å²) in [5, 5.41) is 2.78. The molecule has 0 aliphatic heterocycles. The van der Waals surface area contributed by atoms with Crippen LogP contribution in [0, 0.1) is 6.92 Å². The minimum Gasteiger partial charge on any atom is -0.483 e. The Hall–Kier alpha value is -3.36. The minimum atomic E-state index is -3.59. The third kappa shape index (κ3) is 7.07. The zero-order valence-electron chi connectivity index (χ0n) is 19.7. The van der Waals surface area contributed by atoms with E-state index in [2.05, 4.69) is 10.0 Å². The van der Waals surface area contributed by atoms with Crippen molar-refractivity contribution in [2.45, 2.75) is 50.0 Å². The van der Waals surface area contributed by atoms with Crippen molar-refractivity contribution in [2.24, 2.45) is 0 Å². The quantitative estimate of drug-likeness (QED) is 0.415. The molecule has 1 saturated carbocycles. The van der Waals surface area contributed by atoms with E-state index < -0.39 is 10.0 Å². The van der Waals surface area contributed by atoms with Crippen LogP contribution in [0.2, 0.25) is 0 Å². The lowest BCUT2D eigenvalue weighted by molar-refractivity contribution is -0.118. The fourth-order valence-corrected chi connectivity index (χ4v) is 5.42. The van der Waals surface area contributed by atoms with Gasteiger partial charge in [-0.2, -0.15) is 0 Å². The summed E-state index contributed by atoms with van der Waals surface area (Å²) in [5.74, 6) is 1.53. The largest absolute Gasteiger partial charge is 0.483 e. The lowest BCUT2D eigenvalue weighted by Crippen LogP contribution is -2.36. The fourth-order valence-electron chi connectivity index (χ4n) is 4.03. The zero-order chi connectivity index (χ0) is 24.7. The molecule has 3 aromatic rings. The van der Waals surface area contributed by atoms with E-state index in [-0.39, 0.29) is 23.5 Å². The molecule has 1 fully saturated rings. The molecule has 0 spiro atoms. The van der Waals surface area contributed by atoms with Crippen LogP contribution in [0.5, 0.6) is 17.2 Å². The van der Waals surface area contributed by atoms with Crippen molar-refractivity contribution >= 4 is 21.6 Å². The van der Waals surface area contributed by atoms with E-state index in [1.807, 2.05) is 30.3 Å². The molecule has 0 aromatic heterocycles. The summed E-state index contributed by atoms with van der Waals surface area (Å²) >= 11 is 0. The maximum Gasteiger partial charge on any atom is 0.262 e. The highest BCUT2D eigenvalue weighted by Gasteiger charge is 2.22. The number of aryl methyl sites for hydroxylation is 1. The highest BCUT2D eigenvalue weighted by atomic mass is 32.2. The fraction of sp³-hybridized carbons (Fsp3) is 0.296. The summed E-state index contributed by atoms with van der Waals surface area (Å²) in [6.45, 7) is 1.56. The van der Waals surface area contributed by atoms with Gasteiger partial charge in [0.2, 0.25) is 10.0 Å². The molecule has 8 heteroatoms. The highest BCUT2D eigenvalue weighted by Crippen LogP contribution is 2.25. The molecule has 35 heavy (non-hydrogen) atoms. The second-order valence-corrected chi connectivity index (χ2v) is 10.4. The van der Waals surface area contributed by atoms with Gasteiger partial charge in [0.25, 0.3) is 5.91 Å². The van der Waals surface area contributed by atoms with Crippen LogP contribution in [0.4, 0.5) is 5.69 Å². The molecule has 184 valence electrons. The highest BCUT2D eigenvalue weighted by molar-refractivity contribution is 7.89. The van der Waals surface area contributed by atoms with Crippen LogP contribution < -0.4 is 19.5 Å². The summed E-state index contributed by atoms with van der Waals surface area (Å²) in [7, 11) is -3.59. The number of carbonyl (C=O) groups excluding carboxylic acids is 1. The monoisotopic (exact) mass is 494 g/mol. The van der Waals surface area contributed by atoms with E-state index >= 15 is 0 Å². The summed E-state index contributed by atoms with van der Waals surface area (Å²) in [6, 6.07) is 21.2. The molecular formula is C27H30N2O5S. The van der Waals surface area contributed by atoms with Crippen molar-refractivity contribution < 1.29 is 22.7 Å². The standard InChI is InChI=1S/C27H30N2O5S/c1-20-18-25(35(31,32)29-22-8-4-2-5-9-22)16-17-26(20)33-19-27(30)28-21-12-14-24(15-13-21)34-23-10-6-3-7-11-23/h3,6-7,10-18,22,29H,2,4-5,8-9,19H2,1H3,(H,28,30). The van der Waals surface area contributed by atoms with Crippen LogP contribution in [0.15, 0.2) is 77.7 Å². The Morgan fingerprint density at radius 1 is 0.914 bits per heavy atom. The molecule has 4 rings (SSSR count). The average molecular weight is 495 g/mol. The van der Waals surface area contributed by atoms with Gasteiger partial charge in [0.1, 0.15) is 17.2 Å². The number of carbonyl (C=O) groups is 1. The van der Waals surface area contributed by atoms with Crippen LogP contribution in [-0.2, 0) is 14.8 Å². The number of anilines is 1. The number of ether oxygens (including phenoxy) is 2. The van der Waals surface area contributed by atoms with Crippen LogP contribution >= 0.6 is 0 Å². The molecule has 0 heterocycles. The van der Waals surface area contributed by atoms with Crippen LogP contribution in [-0.4, -0.2) is 27.0 Å². The van der Waals surface area contributed by atoms with E-state index in [1.165, 1.54) is 6.07 Å². The number of hydrogen-bond donors (Lipinski definition) is 2. The number of para-hydroxylation sites is 1. The third-order valence-corrected chi connectivity index (χ3v) is 7.38. The van der Waals surface area contributed by atoms with Crippen molar-refractivity contribution in [1.29, 1.82) is 0 Å². The molecular weight excluding hydrogens is 464 g/mol. The maximum absolute atomic E-state index is 12.7. The number of nitrogens with one attached hydrogen (secondary N) is 2. The summed E-state index contributed by atoms with van der Waals surface area (Å²) in [4.78, 5) is 12.6. The molecule has 0 bridgehead atoms. The maximum atomic E-state index is 12.7. The summed E-state index contributed by atoms with van der Waals surface area (Å²) < 4.78 is 39.7. The van der Waals surface area contributed by atoms with Gasteiger partial charge in [-0.25, -0.2) is 13.1 Å².